The summed E-state index contributed by atoms with van der Waals surface area (Å²) in [6.45, 7) is 6.83. The third-order valence-electron chi connectivity index (χ3n) is 5.73. The standard InChI is InChI=1S/C24H33N5O9/c1-12(2)9-25-24-27-21-18(22(35)28-24)26-11-29(21)23-19(34)20(38-17(33)8-6-14(4)31)15(37-23)10-36-16(32)7-5-13(3)30/h11-12,15,19-20,23,34H,5-10H2,1-4H3,(H2,25,27,28,35)/t15-,19-,20-,23-/m1/s1. The highest BCUT2D eigenvalue weighted by Gasteiger charge is 2.48. The van der Waals surface area contributed by atoms with E-state index in [0.29, 0.717) is 6.54 Å². The maximum atomic E-state index is 12.5. The Morgan fingerprint density at radius 1 is 1.13 bits per heavy atom. The normalized spacial score (nSPS) is 21.0. The molecule has 1 aliphatic heterocycles. The number of imidazole rings is 1. The molecule has 0 bridgehead atoms. The van der Waals surface area contributed by atoms with Gasteiger partial charge < -0.3 is 34.2 Å². The van der Waals surface area contributed by atoms with Crippen molar-refractivity contribution in [3.63, 3.8) is 0 Å². The maximum Gasteiger partial charge on any atom is 0.306 e. The Hall–Kier alpha value is -3.65. The summed E-state index contributed by atoms with van der Waals surface area (Å²) in [7, 11) is 0. The summed E-state index contributed by atoms with van der Waals surface area (Å²) in [4.78, 5) is 70.5. The molecule has 38 heavy (non-hydrogen) atoms. The fourth-order valence-electron chi connectivity index (χ4n) is 3.74. The summed E-state index contributed by atoms with van der Waals surface area (Å²) >= 11 is 0. The van der Waals surface area contributed by atoms with Gasteiger partial charge in [0.05, 0.1) is 19.2 Å². The van der Waals surface area contributed by atoms with Gasteiger partial charge in [0.15, 0.2) is 23.5 Å². The van der Waals surface area contributed by atoms with Crippen molar-refractivity contribution in [3.05, 3.63) is 16.7 Å². The number of hydrogen-bond donors (Lipinski definition) is 3. The highest BCUT2D eigenvalue weighted by atomic mass is 16.6. The average Bonchev–Trinajstić information content (AvgIpc) is 3.40. The topological polar surface area (TPSA) is 192 Å². The fourth-order valence-corrected chi connectivity index (χ4v) is 3.74. The molecule has 0 spiro atoms. The van der Waals surface area contributed by atoms with E-state index in [1.165, 1.54) is 24.7 Å². The molecule has 14 nitrogen and oxygen atoms in total. The third kappa shape index (κ3) is 7.44. The monoisotopic (exact) mass is 535 g/mol. The SMILES string of the molecule is CC(=O)CCC(=O)OC[C@H]1O[C@@H](n2cnc3c(=O)[nH]c(NCC(C)C)nc32)[C@H](O)[C@@H]1OC(=O)CCC(C)=O. The Kier molecular flexibility index (Phi) is 9.69. The number of aromatic amines is 1. The first kappa shape index (κ1) is 28.9. The molecule has 14 heteroatoms. The predicted octanol–water partition coefficient (Wildman–Crippen LogP) is 0.639. The van der Waals surface area contributed by atoms with Gasteiger partial charge in [0, 0.05) is 19.4 Å². The number of carbonyl (C=O) groups excluding carboxylic acids is 4. The molecule has 0 radical (unpaired) electrons. The first-order valence-corrected chi connectivity index (χ1v) is 12.3. The van der Waals surface area contributed by atoms with E-state index in [-0.39, 0.29) is 66.9 Å². The molecule has 3 heterocycles. The fraction of sp³-hybridized carbons (Fsp3) is 0.625. The van der Waals surface area contributed by atoms with E-state index in [0.717, 1.165) is 0 Å². The molecule has 2 aromatic heterocycles. The minimum atomic E-state index is -1.46. The number of carbonyl (C=O) groups is 4. The zero-order valence-corrected chi connectivity index (χ0v) is 21.8. The minimum Gasteiger partial charge on any atom is -0.463 e. The molecule has 0 aromatic carbocycles. The second-order valence-electron chi connectivity index (χ2n) is 9.61. The van der Waals surface area contributed by atoms with Crippen LogP contribution in [-0.4, -0.2) is 79.6 Å². The van der Waals surface area contributed by atoms with Gasteiger partial charge in [-0.3, -0.25) is 23.9 Å². The molecule has 1 saturated heterocycles. The van der Waals surface area contributed by atoms with Crippen LogP contribution in [0.25, 0.3) is 11.2 Å². The predicted molar refractivity (Wildman–Crippen MR) is 132 cm³/mol. The van der Waals surface area contributed by atoms with Crippen LogP contribution in [0.3, 0.4) is 0 Å². The summed E-state index contributed by atoms with van der Waals surface area (Å²) < 4.78 is 17.9. The molecule has 3 N–H and O–H groups in total. The molecule has 0 amide bonds. The maximum absolute atomic E-state index is 12.5. The van der Waals surface area contributed by atoms with E-state index < -0.39 is 42.0 Å². The molecule has 1 aliphatic rings. The van der Waals surface area contributed by atoms with Gasteiger partial charge >= 0.3 is 11.9 Å². The Labute approximate surface area is 218 Å². The van der Waals surface area contributed by atoms with Gasteiger partial charge in [-0.05, 0) is 19.8 Å². The quantitative estimate of drug-likeness (QED) is 0.304. The van der Waals surface area contributed by atoms with E-state index in [1.807, 2.05) is 13.8 Å². The highest BCUT2D eigenvalue weighted by molar-refractivity contribution is 5.81. The summed E-state index contributed by atoms with van der Waals surface area (Å²) in [6, 6.07) is 0. The zero-order valence-electron chi connectivity index (χ0n) is 21.8. The average molecular weight is 536 g/mol. The number of hydrogen-bond acceptors (Lipinski definition) is 12. The number of rotatable bonds is 13. The number of aromatic nitrogens is 4. The number of ether oxygens (including phenoxy) is 3. The van der Waals surface area contributed by atoms with E-state index >= 15 is 0 Å². The number of esters is 2. The van der Waals surface area contributed by atoms with Crippen LogP contribution in [0.5, 0.6) is 0 Å². The number of H-pyrrole nitrogens is 1. The Balaban J connectivity index is 1.85. The lowest BCUT2D eigenvalue weighted by Gasteiger charge is -2.20. The lowest BCUT2D eigenvalue weighted by atomic mass is 10.1. The molecule has 3 rings (SSSR count). The Morgan fingerprint density at radius 3 is 2.42 bits per heavy atom. The van der Waals surface area contributed by atoms with Crippen molar-refractivity contribution in [2.75, 3.05) is 18.5 Å². The number of ketones is 2. The van der Waals surface area contributed by atoms with Crippen molar-refractivity contribution >= 4 is 40.6 Å². The van der Waals surface area contributed by atoms with Crippen molar-refractivity contribution in [2.45, 2.75) is 77.9 Å². The van der Waals surface area contributed by atoms with Crippen molar-refractivity contribution in [1.82, 2.24) is 19.5 Å². The minimum absolute atomic E-state index is 0.00464. The summed E-state index contributed by atoms with van der Waals surface area (Å²) in [6.07, 6.45) is -4.11. The van der Waals surface area contributed by atoms with Crippen LogP contribution in [0.1, 0.15) is 59.6 Å². The van der Waals surface area contributed by atoms with Crippen LogP contribution in [-0.2, 0) is 33.4 Å². The van der Waals surface area contributed by atoms with Crippen LogP contribution in [0, 0.1) is 5.92 Å². The van der Waals surface area contributed by atoms with Crippen molar-refractivity contribution in [1.29, 1.82) is 0 Å². The highest BCUT2D eigenvalue weighted by Crippen LogP contribution is 2.33. The molecule has 4 atom stereocenters. The largest absolute Gasteiger partial charge is 0.463 e. The van der Waals surface area contributed by atoms with Gasteiger partial charge in [0.1, 0.15) is 30.4 Å². The van der Waals surface area contributed by atoms with Crippen molar-refractivity contribution in [2.24, 2.45) is 5.92 Å². The van der Waals surface area contributed by atoms with Crippen molar-refractivity contribution in [3.8, 4) is 0 Å². The molecule has 0 aliphatic carbocycles. The van der Waals surface area contributed by atoms with Crippen LogP contribution >= 0.6 is 0 Å². The molecular formula is C24H33N5O9. The number of aliphatic hydroxyl groups excluding tert-OH is 1. The zero-order chi connectivity index (χ0) is 28.0. The number of Topliss-reactive ketones (excluding diaryl/α,β-unsaturated/α-hetero) is 2. The second kappa shape index (κ2) is 12.7. The van der Waals surface area contributed by atoms with Gasteiger partial charge in [-0.1, -0.05) is 13.8 Å². The van der Waals surface area contributed by atoms with E-state index in [2.05, 4.69) is 20.3 Å². The van der Waals surface area contributed by atoms with Crippen molar-refractivity contribution < 1.29 is 38.5 Å². The lowest BCUT2D eigenvalue weighted by molar-refractivity contribution is -0.161. The smallest absolute Gasteiger partial charge is 0.306 e. The molecular weight excluding hydrogens is 502 g/mol. The number of aliphatic hydroxyl groups is 1. The first-order valence-electron chi connectivity index (χ1n) is 12.3. The first-order chi connectivity index (χ1) is 18.0. The van der Waals surface area contributed by atoms with Crippen LogP contribution < -0.4 is 10.9 Å². The number of anilines is 1. The van der Waals surface area contributed by atoms with Crippen LogP contribution in [0.15, 0.2) is 11.1 Å². The molecule has 0 saturated carbocycles. The van der Waals surface area contributed by atoms with Crippen LogP contribution in [0.4, 0.5) is 5.95 Å². The Morgan fingerprint density at radius 2 is 1.79 bits per heavy atom. The summed E-state index contributed by atoms with van der Waals surface area (Å²) in [5.41, 5.74) is -0.384. The number of fused-ring (bicyclic) bond motifs is 1. The van der Waals surface area contributed by atoms with Gasteiger partial charge in [-0.25, -0.2) is 4.98 Å². The summed E-state index contributed by atoms with van der Waals surface area (Å²) in [5, 5.41) is 14.1. The van der Waals surface area contributed by atoms with E-state index in [9.17, 15) is 29.1 Å². The molecule has 2 aromatic rings. The second-order valence-corrected chi connectivity index (χ2v) is 9.61. The van der Waals surface area contributed by atoms with Gasteiger partial charge in [-0.2, -0.15) is 4.98 Å². The van der Waals surface area contributed by atoms with Gasteiger partial charge in [-0.15, -0.1) is 0 Å². The third-order valence-corrected chi connectivity index (χ3v) is 5.73. The molecule has 0 unspecified atom stereocenters. The van der Waals surface area contributed by atoms with E-state index in [4.69, 9.17) is 14.2 Å². The molecule has 208 valence electrons. The number of nitrogens with one attached hydrogen (secondary N) is 2. The van der Waals surface area contributed by atoms with E-state index in [1.54, 1.807) is 0 Å². The van der Waals surface area contributed by atoms with Crippen LogP contribution in [0.2, 0.25) is 0 Å². The Bertz CT molecular complexity index is 1240. The number of nitrogens with zero attached hydrogens (tertiary/aromatic N) is 3. The summed E-state index contributed by atoms with van der Waals surface area (Å²) in [5.74, 6) is -1.31. The van der Waals surface area contributed by atoms with Gasteiger partial charge in [0.2, 0.25) is 5.95 Å². The lowest BCUT2D eigenvalue weighted by Crippen LogP contribution is -2.38. The van der Waals surface area contributed by atoms with Gasteiger partial charge in [0.25, 0.3) is 5.56 Å². The molecule has 1 fully saturated rings.